The average Bonchev–Trinajstić information content (AvgIpc) is 2.51. The highest BCUT2D eigenvalue weighted by atomic mass is 32.2. The number of nitrogens with two attached hydrogens (primary N) is 1. The Hall–Kier alpha value is -1.73. The van der Waals surface area contributed by atoms with Gasteiger partial charge in [0.1, 0.15) is 11.8 Å². The van der Waals surface area contributed by atoms with Crippen LogP contribution in [0.2, 0.25) is 0 Å². The van der Waals surface area contributed by atoms with Crippen LogP contribution in [0.4, 0.5) is 5.69 Å². The molecule has 0 spiro atoms. The second-order valence-corrected chi connectivity index (χ2v) is 5.35. The van der Waals surface area contributed by atoms with Crippen LogP contribution in [-0.2, 0) is 14.3 Å². The molecular weight excluding hydrogens is 292 g/mol. The maximum atomic E-state index is 11.7. The largest absolute Gasteiger partial charge is 0.497 e. The zero-order valence-corrected chi connectivity index (χ0v) is 12.9. The summed E-state index contributed by atoms with van der Waals surface area (Å²) in [6, 6.07) is 6.46. The van der Waals surface area contributed by atoms with E-state index in [2.05, 4.69) is 10.1 Å². The van der Waals surface area contributed by atoms with Crippen LogP contribution in [-0.4, -0.2) is 43.6 Å². The van der Waals surface area contributed by atoms with Crippen molar-refractivity contribution in [3.63, 3.8) is 0 Å². The summed E-state index contributed by atoms with van der Waals surface area (Å²) < 4.78 is 9.56. The van der Waals surface area contributed by atoms with Crippen LogP contribution in [0.3, 0.4) is 0 Å². The number of esters is 1. The minimum absolute atomic E-state index is 0.100. The monoisotopic (exact) mass is 312 g/mol. The van der Waals surface area contributed by atoms with Gasteiger partial charge in [-0.15, -0.1) is 0 Å². The number of amides is 1. The number of carbonyl (C=O) groups excluding carboxylic acids is 2. The molecule has 1 aromatic rings. The fraction of sp³-hybridized carbons (Fsp3) is 0.429. The molecule has 1 amide bonds. The lowest BCUT2D eigenvalue weighted by Gasteiger charge is -2.09. The normalized spacial score (nSPS) is 11.6. The lowest BCUT2D eigenvalue weighted by molar-refractivity contribution is -0.142. The quantitative estimate of drug-likeness (QED) is 0.555. The zero-order valence-electron chi connectivity index (χ0n) is 12.1. The number of carbonyl (C=O) groups is 2. The predicted octanol–water partition coefficient (Wildman–Crippen LogP) is 1.26. The summed E-state index contributed by atoms with van der Waals surface area (Å²) in [7, 11) is 2.89. The number of thioether (sulfide) groups is 1. The number of hydrogen-bond acceptors (Lipinski definition) is 6. The highest BCUT2D eigenvalue weighted by Crippen LogP contribution is 2.15. The van der Waals surface area contributed by atoms with Gasteiger partial charge in [-0.1, -0.05) is 0 Å². The summed E-state index contributed by atoms with van der Waals surface area (Å²) in [5.41, 5.74) is 6.31. The number of benzene rings is 1. The minimum atomic E-state index is -0.632. The van der Waals surface area contributed by atoms with Gasteiger partial charge < -0.3 is 20.5 Å². The summed E-state index contributed by atoms with van der Waals surface area (Å²) in [5.74, 6) is 1.13. The molecule has 116 valence electrons. The summed E-state index contributed by atoms with van der Waals surface area (Å²) in [6.07, 6.45) is 0.479. The maximum Gasteiger partial charge on any atom is 0.322 e. The van der Waals surface area contributed by atoms with E-state index in [4.69, 9.17) is 10.5 Å². The highest BCUT2D eigenvalue weighted by molar-refractivity contribution is 7.99. The van der Waals surface area contributed by atoms with Gasteiger partial charge in [-0.3, -0.25) is 9.59 Å². The van der Waals surface area contributed by atoms with Crippen LogP contribution >= 0.6 is 11.8 Å². The van der Waals surface area contributed by atoms with Gasteiger partial charge in [0.15, 0.2) is 0 Å². The fourth-order valence-corrected chi connectivity index (χ4v) is 2.34. The van der Waals surface area contributed by atoms with Crippen molar-refractivity contribution in [2.45, 2.75) is 12.5 Å². The summed E-state index contributed by atoms with van der Waals surface area (Å²) >= 11 is 1.42. The number of methoxy groups -OCH3 is 2. The Labute approximate surface area is 128 Å². The molecule has 0 saturated carbocycles. The maximum absolute atomic E-state index is 11.7. The third-order valence-corrected chi connectivity index (χ3v) is 3.67. The topological polar surface area (TPSA) is 90.7 Å². The Morgan fingerprint density at radius 3 is 2.52 bits per heavy atom. The third-order valence-electron chi connectivity index (χ3n) is 2.68. The first-order valence-corrected chi connectivity index (χ1v) is 7.57. The predicted molar refractivity (Wildman–Crippen MR) is 83.6 cm³/mol. The van der Waals surface area contributed by atoms with Gasteiger partial charge in [-0.25, -0.2) is 0 Å². The van der Waals surface area contributed by atoms with Crippen LogP contribution in [0.25, 0.3) is 0 Å². The van der Waals surface area contributed by atoms with Crippen molar-refractivity contribution in [2.24, 2.45) is 5.73 Å². The van der Waals surface area contributed by atoms with Crippen molar-refractivity contribution >= 4 is 29.3 Å². The van der Waals surface area contributed by atoms with Crippen LogP contribution in [0.1, 0.15) is 6.42 Å². The Kier molecular flexibility index (Phi) is 7.63. The first kappa shape index (κ1) is 17.3. The first-order valence-electron chi connectivity index (χ1n) is 6.42. The van der Waals surface area contributed by atoms with Gasteiger partial charge in [-0.2, -0.15) is 11.8 Å². The van der Waals surface area contributed by atoms with Crippen molar-refractivity contribution in [1.82, 2.24) is 0 Å². The minimum Gasteiger partial charge on any atom is -0.497 e. The number of anilines is 1. The van der Waals surface area contributed by atoms with E-state index in [-0.39, 0.29) is 5.91 Å². The van der Waals surface area contributed by atoms with Crippen molar-refractivity contribution in [3.8, 4) is 5.75 Å². The molecule has 7 heteroatoms. The van der Waals surface area contributed by atoms with Crippen LogP contribution in [0, 0.1) is 0 Å². The Balaban J connectivity index is 2.23. The first-order chi connectivity index (χ1) is 10.1. The Morgan fingerprint density at radius 1 is 1.29 bits per heavy atom. The molecule has 1 unspecified atom stereocenters. The molecule has 0 bridgehead atoms. The van der Waals surface area contributed by atoms with Gasteiger partial charge in [0.2, 0.25) is 5.91 Å². The summed E-state index contributed by atoms with van der Waals surface area (Å²) in [5, 5.41) is 2.78. The molecule has 0 aliphatic heterocycles. The molecule has 0 radical (unpaired) electrons. The summed E-state index contributed by atoms with van der Waals surface area (Å²) in [6.45, 7) is 0. The molecule has 3 N–H and O–H groups in total. The average molecular weight is 312 g/mol. The molecule has 0 aliphatic rings. The van der Waals surface area contributed by atoms with E-state index in [1.54, 1.807) is 31.4 Å². The lowest BCUT2D eigenvalue weighted by Crippen LogP contribution is -2.32. The van der Waals surface area contributed by atoms with E-state index in [1.807, 2.05) is 0 Å². The second kappa shape index (κ2) is 9.25. The van der Waals surface area contributed by atoms with Crippen molar-refractivity contribution in [3.05, 3.63) is 24.3 Å². The Bertz CT molecular complexity index is 465. The van der Waals surface area contributed by atoms with Gasteiger partial charge in [-0.05, 0) is 36.4 Å². The summed E-state index contributed by atoms with van der Waals surface area (Å²) in [4.78, 5) is 22.8. The molecule has 0 heterocycles. The van der Waals surface area contributed by atoms with Gasteiger partial charge in [0.05, 0.1) is 20.0 Å². The Morgan fingerprint density at radius 2 is 1.95 bits per heavy atom. The van der Waals surface area contributed by atoms with Crippen molar-refractivity contribution < 1.29 is 19.1 Å². The second-order valence-electron chi connectivity index (χ2n) is 4.25. The fourth-order valence-electron chi connectivity index (χ4n) is 1.52. The van der Waals surface area contributed by atoms with Crippen LogP contribution < -0.4 is 15.8 Å². The van der Waals surface area contributed by atoms with Crippen molar-refractivity contribution in [2.75, 3.05) is 31.0 Å². The molecule has 1 aromatic carbocycles. The van der Waals surface area contributed by atoms with E-state index in [0.717, 1.165) is 5.75 Å². The smallest absolute Gasteiger partial charge is 0.322 e. The molecule has 1 rings (SSSR count). The van der Waals surface area contributed by atoms with Gasteiger partial charge in [0.25, 0.3) is 0 Å². The SMILES string of the molecule is COC(=O)C(N)CCSCC(=O)Nc1ccc(OC)cc1. The molecule has 0 saturated heterocycles. The van der Waals surface area contributed by atoms with Gasteiger partial charge in [0, 0.05) is 5.69 Å². The van der Waals surface area contributed by atoms with E-state index in [9.17, 15) is 9.59 Å². The number of rotatable bonds is 8. The van der Waals surface area contributed by atoms with Crippen LogP contribution in [0.5, 0.6) is 5.75 Å². The van der Waals surface area contributed by atoms with E-state index < -0.39 is 12.0 Å². The standard InChI is InChI=1S/C14H20N2O4S/c1-19-11-5-3-10(4-6-11)16-13(17)9-21-8-7-12(15)14(18)20-2/h3-6,12H,7-9,15H2,1-2H3,(H,16,17). The molecule has 0 aliphatic carbocycles. The zero-order chi connectivity index (χ0) is 15.7. The third kappa shape index (κ3) is 6.50. The van der Waals surface area contributed by atoms with Crippen LogP contribution in [0.15, 0.2) is 24.3 Å². The number of hydrogen-bond donors (Lipinski definition) is 2. The van der Waals surface area contributed by atoms with E-state index >= 15 is 0 Å². The number of nitrogens with one attached hydrogen (secondary N) is 1. The van der Waals surface area contributed by atoms with E-state index in [1.165, 1.54) is 18.9 Å². The van der Waals surface area contributed by atoms with Gasteiger partial charge >= 0.3 is 5.97 Å². The van der Waals surface area contributed by atoms with E-state index in [0.29, 0.717) is 23.6 Å². The molecule has 21 heavy (non-hydrogen) atoms. The number of ether oxygens (including phenoxy) is 2. The molecule has 0 fully saturated rings. The molecule has 6 nitrogen and oxygen atoms in total. The van der Waals surface area contributed by atoms with Crippen molar-refractivity contribution in [1.29, 1.82) is 0 Å². The lowest BCUT2D eigenvalue weighted by atomic mass is 10.2. The highest BCUT2D eigenvalue weighted by Gasteiger charge is 2.13. The molecule has 1 atom stereocenters. The molecular formula is C14H20N2O4S. The molecule has 0 aromatic heterocycles.